The zero-order valence-electron chi connectivity index (χ0n) is 26.1. The lowest BCUT2D eigenvalue weighted by atomic mass is 9.94. The Morgan fingerprint density at radius 1 is 1.07 bits per heavy atom. The van der Waals surface area contributed by atoms with E-state index in [9.17, 15) is 25.2 Å². The second kappa shape index (κ2) is 16.8. The monoisotopic (exact) mass is 591 g/mol. The molecular weight excluding hydrogens is 542 g/mol. The summed E-state index contributed by atoms with van der Waals surface area (Å²) >= 11 is 0. The Bertz CT molecular complexity index is 1200. The Hall–Kier alpha value is -2.73. The Morgan fingerprint density at radius 3 is 2.36 bits per heavy atom. The van der Waals surface area contributed by atoms with E-state index in [0.717, 1.165) is 35.3 Å². The number of rotatable bonds is 14. The summed E-state index contributed by atoms with van der Waals surface area (Å²) < 4.78 is 22.2. The van der Waals surface area contributed by atoms with E-state index in [4.69, 9.17) is 18.9 Å². The van der Waals surface area contributed by atoms with Crippen molar-refractivity contribution in [3.05, 3.63) is 68.6 Å². The molecule has 1 aromatic heterocycles. The van der Waals surface area contributed by atoms with E-state index < -0.39 is 43.4 Å². The number of pyridine rings is 1. The molecule has 0 amide bonds. The molecule has 2 unspecified atom stereocenters. The van der Waals surface area contributed by atoms with Crippen molar-refractivity contribution in [2.45, 2.75) is 97.6 Å². The summed E-state index contributed by atoms with van der Waals surface area (Å²) in [5.41, 5.74) is 4.26. The number of allylic oxidation sites excluding steroid dienone is 6. The van der Waals surface area contributed by atoms with Crippen molar-refractivity contribution in [1.82, 2.24) is 4.98 Å². The third-order valence-corrected chi connectivity index (χ3v) is 7.46. The molecule has 0 radical (unpaired) electrons. The van der Waals surface area contributed by atoms with Gasteiger partial charge in [0.25, 0.3) is 0 Å². The molecule has 10 nitrogen and oxygen atoms in total. The molecule has 236 valence electrons. The first-order valence-electron chi connectivity index (χ1n) is 14.4. The van der Waals surface area contributed by atoms with E-state index in [1.807, 2.05) is 46.8 Å². The largest absolute Gasteiger partial charge is 0.488 e. The van der Waals surface area contributed by atoms with Crippen LogP contribution in [0.4, 0.5) is 0 Å². The first-order valence-corrected chi connectivity index (χ1v) is 14.4. The summed E-state index contributed by atoms with van der Waals surface area (Å²) in [6.07, 6.45) is 5.19. The van der Waals surface area contributed by atoms with Crippen LogP contribution in [0.5, 0.6) is 11.6 Å². The van der Waals surface area contributed by atoms with Gasteiger partial charge in [0, 0.05) is 23.6 Å². The van der Waals surface area contributed by atoms with Gasteiger partial charge in [0.2, 0.25) is 17.1 Å². The summed E-state index contributed by atoms with van der Waals surface area (Å²) in [6.45, 7) is 11.2. The molecule has 42 heavy (non-hydrogen) atoms. The van der Waals surface area contributed by atoms with E-state index in [1.165, 1.54) is 14.2 Å². The third kappa shape index (κ3) is 9.13. The van der Waals surface area contributed by atoms with E-state index in [1.54, 1.807) is 6.92 Å². The average Bonchev–Trinajstić information content (AvgIpc) is 2.96. The number of hydrogen-bond donors (Lipinski definition) is 5. The fourth-order valence-electron chi connectivity index (χ4n) is 4.99. The van der Waals surface area contributed by atoms with Crippen molar-refractivity contribution in [2.24, 2.45) is 5.92 Å². The van der Waals surface area contributed by atoms with E-state index in [0.29, 0.717) is 17.9 Å². The highest BCUT2D eigenvalue weighted by Gasteiger charge is 2.45. The number of hydrogen-bond acceptors (Lipinski definition) is 9. The molecule has 7 atom stereocenters. The van der Waals surface area contributed by atoms with E-state index >= 15 is 0 Å². The number of H-pyrrole nitrogens is 1. The highest BCUT2D eigenvalue weighted by molar-refractivity contribution is 5.40. The SMILES string of the molecule is CC/C=C(\C)C(O[C@@H]1O[C@H](CO)[C@@H](O)[C@H](O)[C@H]1O)C(C)/C=C(C)/C=C/C/C(C)=C/Cc1[nH]c(OC)c(OC)c(=O)c1C. The van der Waals surface area contributed by atoms with Crippen LogP contribution in [-0.2, 0) is 15.9 Å². The van der Waals surface area contributed by atoms with Crippen LogP contribution < -0.4 is 14.9 Å². The maximum Gasteiger partial charge on any atom is 0.238 e. The third-order valence-electron chi connectivity index (χ3n) is 7.46. The van der Waals surface area contributed by atoms with Gasteiger partial charge in [-0.1, -0.05) is 55.4 Å². The Balaban J connectivity index is 2.12. The summed E-state index contributed by atoms with van der Waals surface area (Å²) in [7, 11) is 2.93. The molecule has 0 spiro atoms. The predicted molar refractivity (Wildman–Crippen MR) is 162 cm³/mol. The number of aromatic nitrogens is 1. The molecular formula is C32H49NO9. The molecule has 0 saturated carbocycles. The van der Waals surface area contributed by atoms with Gasteiger partial charge in [-0.05, 0) is 46.1 Å². The normalized spacial score (nSPS) is 25.5. The molecule has 1 aliphatic heterocycles. The predicted octanol–water partition coefficient (Wildman–Crippen LogP) is 3.26. The van der Waals surface area contributed by atoms with Gasteiger partial charge in [-0.3, -0.25) is 4.79 Å². The fourth-order valence-corrected chi connectivity index (χ4v) is 4.99. The highest BCUT2D eigenvalue weighted by atomic mass is 16.7. The number of ether oxygens (including phenoxy) is 4. The van der Waals surface area contributed by atoms with Crippen molar-refractivity contribution in [1.29, 1.82) is 0 Å². The van der Waals surface area contributed by atoms with Crippen molar-refractivity contribution < 1.29 is 39.4 Å². The second-order valence-electron chi connectivity index (χ2n) is 10.9. The molecule has 0 aliphatic carbocycles. The number of nitrogens with one attached hydrogen (secondary N) is 1. The lowest BCUT2D eigenvalue weighted by Gasteiger charge is -2.41. The van der Waals surface area contributed by atoms with Crippen LogP contribution in [0.3, 0.4) is 0 Å². The Labute approximate surface area is 249 Å². The van der Waals surface area contributed by atoms with Gasteiger partial charge in [0.15, 0.2) is 6.29 Å². The first kappa shape index (κ1) is 35.5. The van der Waals surface area contributed by atoms with Gasteiger partial charge in [-0.15, -0.1) is 0 Å². The quantitative estimate of drug-likeness (QED) is 0.162. The van der Waals surface area contributed by atoms with Crippen LogP contribution in [0, 0.1) is 12.8 Å². The second-order valence-corrected chi connectivity index (χ2v) is 10.9. The minimum atomic E-state index is -1.50. The summed E-state index contributed by atoms with van der Waals surface area (Å²) in [6, 6.07) is 0. The van der Waals surface area contributed by atoms with Gasteiger partial charge in [0.1, 0.15) is 24.4 Å². The number of methoxy groups -OCH3 is 2. The van der Waals surface area contributed by atoms with Gasteiger partial charge < -0.3 is 44.4 Å². The molecule has 5 N–H and O–H groups in total. The van der Waals surface area contributed by atoms with Gasteiger partial charge in [-0.2, -0.15) is 0 Å². The van der Waals surface area contributed by atoms with Crippen LogP contribution in [0.25, 0.3) is 0 Å². The van der Waals surface area contributed by atoms with E-state index in [2.05, 4.69) is 23.2 Å². The summed E-state index contributed by atoms with van der Waals surface area (Å²) in [5.74, 6) is 0.355. The molecule has 2 rings (SSSR count). The first-order chi connectivity index (χ1) is 19.9. The lowest BCUT2D eigenvalue weighted by molar-refractivity contribution is -0.310. The van der Waals surface area contributed by atoms with Gasteiger partial charge >= 0.3 is 0 Å². The number of aromatic amines is 1. The zero-order chi connectivity index (χ0) is 31.6. The van der Waals surface area contributed by atoms with Crippen LogP contribution in [0.2, 0.25) is 0 Å². The summed E-state index contributed by atoms with van der Waals surface area (Å²) in [4.78, 5) is 15.7. The van der Waals surface area contributed by atoms with Crippen LogP contribution in [0.15, 0.2) is 51.9 Å². The Kier molecular flexibility index (Phi) is 14.2. The number of aliphatic hydroxyl groups is 4. The molecule has 1 aliphatic rings. The minimum absolute atomic E-state index is 0.119. The molecule has 1 aromatic rings. The lowest BCUT2D eigenvalue weighted by Crippen LogP contribution is -2.60. The van der Waals surface area contributed by atoms with Gasteiger partial charge in [0.05, 0.1) is 26.9 Å². The van der Waals surface area contributed by atoms with Crippen LogP contribution >= 0.6 is 0 Å². The van der Waals surface area contributed by atoms with Gasteiger partial charge in [-0.25, -0.2) is 0 Å². The van der Waals surface area contributed by atoms with Crippen molar-refractivity contribution in [3.8, 4) is 11.6 Å². The molecule has 0 aromatic carbocycles. The number of aliphatic hydroxyl groups excluding tert-OH is 4. The Morgan fingerprint density at radius 2 is 1.76 bits per heavy atom. The standard InChI is InChI=1S/C32H49NO9/c1-9-11-20(4)29(42-32-28(38)27(37)26(36)24(17-34)41-32)21(5)16-19(3)13-10-12-18(2)14-15-23-22(6)25(35)30(39-7)31(33-23)40-8/h10-11,13-14,16,21,24,26-29,32,34,36-38H,9,12,15,17H2,1-8H3,(H,33,35)/b13-10+,18-14+,19-16+,20-11+/t21?,24-,26-,27+,28-,29?,32+/m1/s1. The van der Waals surface area contributed by atoms with Crippen LogP contribution in [-0.4, -0.2) is 83.0 Å². The molecule has 2 heterocycles. The topological polar surface area (TPSA) is 151 Å². The van der Waals surface area contributed by atoms with Crippen LogP contribution in [0.1, 0.15) is 58.7 Å². The smallest absolute Gasteiger partial charge is 0.238 e. The van der Waals surface area contributed by atoms with E-state index in [-0.39, 0.29) is 17.1 Å². The molecule has 1 fully saturated rings. The maximum absolute atomic E-state index is 12.6. The van der Waals surface area contributed by atoms with Crippen molar-refractivity contribution in [2.75, 3.05) is 20.8 Å². The zero-order valence-corrected chi connectivity index (χ0v) is 26.1. The highest BCUT2D eigenvalue weighted by Crippen LogP contribution is 2.28. The minimum Gasteiger partial charge on any atom is -0.488 e. The molecule has 10 heteroatoms. The molecule has 1 saturated heterocycles. The van der Waals surface area contributed by atoms with Crippen molar-refractivity contribution in [3.63, 3.8) is 0 Å². The molecule has 0 bridgehead atoms. The fraction of sp³-hybridized carbons (Fsp3) is 0.594. The maximum atomic E-state index is 12.6. The summed E-state index contributed by atoms with van der Waals surface area (Å²) in [5, 5.41) is 40.3. The van der Waals surface area contributed by atoms with Crippen molar-refractivity contribution >= 4 is 0 Å². The average molecular weight is 592 g/mol.